The predicted octanol–water partition coefficient (Wildman–Crippen LogP) is 3.02. The molecule has 0 aliphatic heterocycles. The van der Waals surface area contributed by atoms with Crippen molar-refractivity contribution in [2.45, 2.75) is 25.7 Å². The van der Waals surface area contributed by atoms with Gasteiger partial charge < -0.3 is 10.5 Å². The molecule has 0 radical (unpaired) electrons. The minimum atomic E-state index is 0.600. The molecule has 0 heterocycles. The van der Waals surface area contributed by atoms with Crippen LogP contribution in [0.25, 0.3) is 0 Å². The molecule has 2 rings (SSSR count). The zero-order valence-electron chi connectivity index (χ0n) is 9.42. The van der Waals surface area contributed by atoms with Crippen LogP contribution >= 0.6 is 11.6 Å². The van der Waals surface area contributed by atoms with Crippen LogP contribution in [0.4, 0.5) is 0 Å². The van der Waals surface area contributed by atoms with Crippen molar-refractivity contribution in [1.29, 1.82) is 0 Å². The lowest BCUT2D eigenvalue weighted by Crippen LogP contribution is -2.07. The average molecular weight is 240 g/mol. The molecule has 0 bridgehead atoms. The minimum Gasteiger partial charge on any atom is -0.493 e. The highest BCUT2D eigenvalue weighted by molar-refractivity contribution is 6.31. The third kappa shape index (κ3) is 3.13. The molecule has 2 nitrogen and oxygen atoms in total. The first kappa shape index (κ1) is 11.7. The van der Waals surface area contributed by atoms with Gasteiger partial charge in [-0.2, -0.15) is 0 Å². The van der Waals surface area contributed by atoms with E-state index in [-0.39, 0.29) is 0 Å². The van der Waals surface area contributed by atoms with E-state index >= 15 is 0 Å². The van der Waals surface area contributed by atoms with Gasteiger partial charge >= 0.3 is 0 Å². The lowest BCUT2D eigenvalue weighted by Gasteiger charge is -2.12. The van der Waals surface area contributed by atoms with Crippen LogP contribution in [0.2, 0.25) is 5.02 Å². The van der Waals surface area contributed by atoms with E-state index in [2.05, 4.69) is 0 Å². The Kier molecular flexibility index (Phi) is 4.08. The van der Waals surface area contributed by atoms with E-state index in [0.717, 1.165) is 41.7 Å². The van der Waals surface area contributed by atoms with E-state index in [1.165, 1.54) is 12.8 Å². The van der Waals surface area contributed by atoms with Crippen LogP contribution in [0.1, 0.15) is 24.8 Å². The smallest absolute Gasteiger partial charge is 0.124 e. The Labute approximate surface area is 102 Å². The third-order valence-corrected chi connectivity index (χ3v) is 3.30. The third-order valence-electron chi connectivity index (χ3n) is 2.95. The minimum absolute atomic E-state index is 0.600. The summed E-state index contributed by atoms with van der Waals surface area (Å²) >= 11 is 6.13. The molecule has 0 unspecified atom stereocenters. The summed E-state index contributed by atoms with van der Waals surface area (Å²) in [7, 11) is 0. The van der Waals surface area contributed by atoms with Gasteiger partial charge in [0.25, 0.3) is 0 Å². The van der Waals surface area contributed by atoms with Gasteiger partial charge in [-0.1, -0.05) is 30.5 Å². The van der Waals surface area contributed by atoms with Crippen molar-refractivity contribution < 1.29 is 4.74 Å². The molecule has 2 N–H and O–H groups in total. The second kappa shape index (κ2) is 5.55. The van der Waals surface area contributed by atoms with Gasteiger partial charge in [0.15, 0.2) is 0 Å². The zero-order valence-corrected chi connectivity index (χ0v) is 10.2. The van der Waals surface area contributed by atoms with E-state index in [1.807, 2.05) is 18.2 Å². The summed E-state index contributed by atoms with van der Waals surface area (Å²) in [5, 5.41) is 0.759. The molecular weight excluding hydrogens is 222 g/mol. The highest BCUT2D eigenvalue weighted by Crippen LogP contribution is 2.33. The van der Waals surface area contributed by atoms with Crippen molar-refractivity contribution >= 4 is 11.6 Å². The predicted molar refractivity (Wildman–Crippen MR) is 67.0 cm³/mol. The number of hydrogen-bond acceptors (Lipinski definition) is 2. The highest BCUT2D eigenvalue weighted by Gasteiger charge is 2.20. The maximum absolute atomic E-state index is 6.13. The van der Waals surface area contributed by atoms with Crippen molar-refractivity contribution in [3.8, 4) is 5.75 Å². The Balaban J connectivity index is 1.96. The topological polar surface area (TPSA) is 35.2 Å². The summed E-state index contributed by atoms with van der Waals surface area (Å²) in [4.78, 5) is 0. The van der Waals surface area contributed by atoms with E-state index in [9.17, 15) is 0 Å². The quantitative estimate of drug-likeness (QED) is 0.828. The van der Waals surface area contributed by atoms with Crippen molar-refractivity contribution in [3.05, 3.63) is 28.8 Å². The molecule has 0 amide bonds. The standard InChI is InChI=1S/C13H18ClNO/c14-12-2-1-3-13(11(12)6-8-15)16-9-7-10-4-5-10/h1-3,10H,4-9,15H2. The lowest BCUT2D eigenvalue weighted by molar-refractivity contribution is 0.299. The Morgan fingerprint density at radius 1 is 1.38 bits per heavy atom. The summed E-state index contributed by atoms with van der Waals surface area (Å²) < 4.78 is 5.78. The van der Waals surface area contributed by atoms with Gasteiger partial charge in [-0.25, -0.2) is 0 Å². The number of halogens is 1. The SMILES string of the molecule is NCCc1c(Cl)cccc1OCCC1CC1. The monoisotopic (exact) mass is 239 g/mol. The van der Waals surface area contributed by atoms with Gasteiger partial charge in [-0.05, 0) is 37.4 Å². The Bertz CT molecular complexity index is 350. The zero-order chi connectivity index (χ0) is 11.4. The molecule has 0 spiro atoms. The number of nitrogens with two attached hydrogens (primary N) is 1. The first-order valence-electron chi connectivity index (χ1n) is 5.91. The fourth-order valence-corrected chi connectivity index (χ4v) is 2.06. The van der Waals surface area contributed by atoms with Crippen molar-refractivity contribution in [1.82, 2.24) is 0 Å². The number of hydrogen-bond donors (Lipinski definition) is 1. The first-order chi connectivity index (χ1) is 7.81. The molecule has 1 aliphatic carbocycles. The molecule has 1 aromatic rings. The lowest BCUT2D eigenvalue weighted by atomic mass is 10.1. The van der Waals surface area contributed by atoms with Gasteiger partial charge in [0, 0.05) is 10.6 Å². The van der Waals surface area contributed by atoms with E-state index in [0.29, 0.717) is 6.54 Å². The van der Waals surface area contributed by atoms with Crippen molar-refractivity contribution in [2.24, 2.45) is 11.7 Å². The van der Waals surface area contributed by atoms with Gasteiger partial charge in [0.05, 0.1) is 6.61 Å². The summed E-state index contributed by atoms with van der Waals surface area (Å²) in [6, 6.07) is 5.79. The van der Waals surface area contributed by atoms with E-state index in [4.69, 9.17) is 22.1 Å². The number of rotatable bonds is 6. The van der Waals surface area contributed by atoms with Crippen molar-refractivity contribution in [3.63, 3.8) is 0 Å². The number of benzene rings is 1. The second-order valence-corrected chi connectivity index (χ2v) is 4.74. The normalized spacial score (nSPS) is 15.1. The molecule has 1 aromatic carbocycles. The Hall–Kier alpha value is -0.730. The Morgan fingerprint density at radius 3 is 2.88 bits per heavy atom. The molecule has 88 valence electrons. The fourth-order valence-electron chi connectivity index (χ4n) is 1.80. The van der Waals surface area contributed by atoms with Crippen molar-refractivity contribution in [2.75, 3.05) is 13.2 Å². The second-order valence-electron chi connectivity index (χ2n) is 4.34. The molecular formula is C13H18ClNO. The fraction of sp³-hybridized carbons (Fsp3) is 0.538. The van der Waals surface area contributed by atoms with Gasteiger partial charge in [0.1, 0.15) is 5.75 Å². The van der Waals surface area contributed by atoms with E-state index < -0.39 is 0 Å². The Morgan fingerprint density at radius 2 is 2.19 bits per heavy atom. The molecule has 3 heteroatoms. The molecule has 0 aromatic heterocycles. The molecule has 0 saturated heterocycles. The first-order valence-corrected chi connectivity index (χ1v) is 6.29. The molecule has 16 heavy (non-hydrogen) atoms. The molecule has 0 atom stereocenters. The van der Waals surface area contributed by atoms with Crippen LogP contribution in [0.3, 0.4) is 0 Å². The summed E-state index contributed by atoms with van der Waals surface area (Å²) in [6.45, 7) is 1.39. The largest absolute Gasteiger partial charge is 0.493 e. The van der Waals surface area contributed by atoms with Crippen LogP contribution in [0.15, 0.2) is 18.2 Å². The van der Waals surface area contributed by atoms with Gasteiger partial charge in [-0.15, -0.1) is 0 Å². The van der Waals surface area contributed by atoms with Crippen LogP contribution in [0, 0.1) is 5.92 Å². The highest BCUT2D eigenvalue weighted by atomic mass is 35.5. The summed E-state index contributed by atoms with van der Waals surface area (Å²) in [6.07, 6.45) is 4.68. The molecule has 1 fully saturated rings. The average Bonchev–Trinajstić information content (AvgIpc) is 3.07. The molecule has 1 saturated carbocycles. The summed E-state index contributed by atoms with van der Waals surface area (Å²) in [5.41, 5.74) is 6.61. The van der Waals surface area contributed by atoms with E-state index in [1.54, 1.807) is 0 Å². The van der Waals surface area contributed by atoms with Gasteiger partial charge in [-0.3, -0.25) is 0 Å². The van der Waals surface area contributed by atoms with Crippen LogP contribution in [0.5, 0.6) is 5.75 Å². The maximum Gasteiger partial charge on any atom is 0.124 e. The summed E-state index contributed by atoms with van der Waals surface area (Å²) in [5.74, 6) is 1.80. The maximum atomic E-state index is 6.13. The van der Waals surface area contributed by atoms with Crippen LogP contribution in [-0.4, -0.2) is 13.2 Å². The van der Waals surface area contributed by atoms with Crippen LogP contribution in [-0.2, 0) is 6.42 Å². The van der Waals surface area contributed by atoms with Crippen LogP contribution < -0.4 is 10.5 Å². The number of ether oxygens (including phenoxy) is 1. The van der Waals surface area contributed by atoms with Gasteiger partial charge in [0.2, 0.25) is 0 Å². The molecule has 1 aliphatic rings.